The van der Waals surface area contributed by atoms with E-state index >= 15 is 0 Å². The van der Waals surface area contributed by atoms with Crippen molar-refractivity contribution in [1.82, 2.24) is 0 Å². The van der Waals surface area contributed by atoms with Gasteiger partial charge in [0, 0.05) is 0 Å². The SMILES string of the molecule is O.O.O.O.[Br][Ni]([Br])[Br]. The van der Waals surface area contributed by atoms with Crippen molar-refractivity contribution in [3.8, 4) is 0 Å². The summed E-state index contributed by atoms with van der Waals surface area (Å²) >= 11 is 9.44. The maximum absolute atomic E-state index is 3.15. The summed E-state index contributed by atoms with van der Waals surface area (Å²) in [4.78, 5) is 0. The molecule has 0 radical (unpaired) electrons. The van der Waals surface area contributed by atoms with Crippen LogP contribution in [0.25, 0.3) is 0 Å². The number of halogens is 3. The molecule has 0 fully saturated rings. The molecule has 0 unspecified atom stereocenters. The second-order valence-corrected chi connectivity index (χ2v) is 15.1. The van der Waals surface area contributed by atoms with Gasteiger partial charge < -0.3 is 21.9 Å². The van der Waals surface area contributed by atoms with Crippen LogP contribution in [0.15, 0.2) is 0 Å². The van der Waals surface area contributed by atoms with Gasteiger partial charge in [-0.15, -0.1) is 0 Å². The van der Waals surface area contributed by atoms with E-state index in [1.165, 1.54) is 0 Å². The van der Waals surface area contributed by atoms with Crippen LogP contribution in [-0.4, -0.2) is 21.9 Å². The molecule has 0 aromatic carbocycles. The first-order valence-electron chi connectivity index (χ1n) is 0.359. The molecule has 0 saturated heterocycles. The normalized spacial score (nSPS) is 5.62. The molecule has 0 bridgehead atoms. The Morgan fingerprint density at radius 1 is 0.625 bits per heavy atom. The van der Waals surface area contributed by atoms with Gasteiger partial charge in [-0.3, -0.25) is 0 Å². The standard InChI is InChI=1S/3BrH.Ni.4H2O/h3*1H;;4*1H2/q;;;+3;;;;/p-3. The number of hydrogen-bond acceptors (Lipinski definition) is 0. The third-order valence-corrected chi connectivity index (χ3v) is 0. The third-order valence-electron chi connectivity index (χ3n) is 0. The molecule has 0 atom stereocenters. The van der Waals surface area contributed by atoms with Crippen LogP contribution in [0.3, 0.4) is 0 Å². The fourth-order valence-electron chi connectivity index (χ4n) is 0. The van der Waals surface area contributed by atoms with Crippen LogP contribution in [0, 0.1) is 0 Å². The summed E-state index contributed by atoms with van der Waals surface area (Å²) < 4.78 is 0. The van der Waals surface area contributed by atoms with Gasteiger partial charge in [0.2, 0.25) is 0 Å². The summed E-state index contributed by atoms with van der Waals surface area (Å²) in [6.45, 7) is 0. The molecular formula is H8Br3NiO4. The zero-order valence-corrected chi connectivity index (χ0v) is 9.20. The predicted molar refractivity (Wildman–Crippen MR) is 41.2 cm³/mol. The molecule has 8 heavy (non-hydrogen) atoms. The molecule has 63 valence electrons. The summed E-state index contributed by atoms with van der Waals surface area (Å²) in [6, 6.07) is 0. The van der Waals surface area contributed by atoms with E-state index in [2.05, 4.69) is 42.7 Å². The van der Waals surface area contributed by atoms with E-state index in [0.29, 0.717) is 0 Å². The van der Waals surface area contributed by atoms with Crippen LogP contribution >= 0.6 is 42.7 Å². The van der Waals surface area contributed by atoms with Gasteiger partial charge in [0.15, 0.2) is 0 Å². The topological polar surface area (TPSA) is 126 Å². The van der Waals surface area contributed by atoms with Crippen molar-refractivity contribution in [3.05, 3.63) is 0 Å². The van der Waals surface area contributed by atoms with E-state index < -0.39 is 0 Å². The summed E-state index contributed by atoms with van der Waals surface area (Å²) in [5.74, 6) is 0. The molecule has 4 nitrogen and oxygen atoms in total. The fourth-order valence-corrected chi connectivity index (χ4v) is 0. The molecule has 0 aromatic heterocycles. The quantitative estimate of drug-likeness (QED) is 0.497. The van der Waals surface area contributed by atoms with E-state index in [0.717, 1.165) is 0 Å². The van der Waals surface area contributed by atoms with Crippen LogP contribution in [0.5, 0.6) is 0 Å². The molecule has 8 heteroatoms. The predicted octanol–water partition coefficient (Wildman–Crippen LogP) is -0.765. The second-order valence-electron chi connectivity index (χ2n) is 0.136. The molecule has 0 amide bonds. The van der Waals surface area contributed by atoms with E-state index in [-0.39, 0.29) is 30.0 Å². The van der Waals surface area contributed by atoms with Crippen molar-refractivity contribution in [2.75, 3.05) is 0 Å². The Labute approximate surface area is 72.2 Å². The second kappa shape index (κ2) is 23.3. The van der Waals surface area contributed by atoms with Gasteiger partial charge in [-0.1, -0.05) is 0 Å². The molecule has 0 saturated carbocycles. The maximum atomic E-state index is 3.15. The van der Waals surface area contributed by atoms with Gasteiger partial charge in [-0.2, -0.15) is 0 Å². The van der Waals surface area contributed by atoms with Gasteiger partial charge in [0.05, 0.1) is 0 Å². The van der Waals surface area contributed by atoms with Crippen LogP contribution in [-0.2, 0) is 8.10 Å². The van der Waals surface area contributed by atoms with Crippen molar-refractivity contribution >= 4 is 42.7 Å². The van der Waals surface area contributed by atoms with E-state index in [4.69, 9.17) is 0 Å². The Bertz CT molecular complexity index is 16.0. The van der Waals surface area contributed by atoms with Gasteiger partial charge in [0.1, 0.15) is 0 Å². The molecule has 0 aliphatic heterocycles. The van der Waals surface area contributed by atoms with Crippen molar-refractivity contribution in [1.29, 1.82) is 0 Å². The minimum atomic E-state index is -0.0208. The van der Waals surface area contributed by atoms with E-state index in [9.17, 15) is 0 Å². The average molecular weight is 370 g/mol. The number of hydrogen-bond donors (Lipinski definition) is 0. The molecule has 0 heterocycles. The van der Waals surface area contributed by atoms with Crippen molar-refractivity contribution in [3.63, 3.8) is 0 Å². The molecule has 0 aliphatic rings. The Hall–Kier alpha value is 1.77. The Morgan fingerprint density at radius 2 is 0.625 bits per heavy atom. The van der Waals surface area contributed by atoms with Gasteiger partial charge in [-0.25, -0.2) is 0 Å². The first-order valence-corrected chi connectivity index (χ1v) is 7.68. The molecule has 0 spiro atoms. The average Bonchev–Trinajstić information content (AvgIpc) is 0.811. The Balaban J connectivity index is -0.00000000750. The van der Waals surface area contributed by atoms with Crippen LogP contribution in [0.1, 0.15) is 0 Å². The number of rotatable bonds is 0. The van der Waals surface area contributed by atoms with Gasteiger partial charge in [0.25, 0.3) is 0 Å². The van der Waals surface area contributed by atoms with Crippen LogP contribution in [0.4, 0.5) is 0 Å². The fraction of sp³-hybridized carbons (Fsp3) is 0. The molecule has 0 rings (SSSR count). The minimum absolute atomic E-state index is 0. The van der Waals surface area contributed by atoms with Crippen LogP contribution < -0.4 is 0 Å². The zero-order chi connectivity index (χ0) is 3.58. The van der Waals surface area contributed by atoms with Gasteiger partial charge >= 0.3 is 50.8 Å². The van der Waals surface area contributed by atoms with Crippen molar-refractivity contribution in [2.45, 2.75) is 0 Å². The summed E-state index contributed by atoms with van der Waals surface area (Å²) in [5.41, 5.74) is 0. The Kier molecular flexibility index (Phi) is 96.0. The summed E-state index contributed by atoms with van der Waals surface area (Å²) in [6.07, 6.45) is 0. The first kappa shape index (κ1) is 33.0. The molecule has 0 aliphatic carbocycles. The van der Waals surface area contributed by atoms with E-state index in [1.54, 1.807) is 0 Å². The van der Waals surface area contributed by atoms with Crippen molar-refractivity contribution in [2.24, 2.45) is 0 Å². The van der Waals surface area contributed by atoms with Crippen LogP contribution in [0.2, 0.25) is 0 Å². The van der Waals surface area contributed by atoms with E-state index in [1.807, 2.05) is 0 Å². The molecule has 8 N–H and O–H groups in total. The molecule has 0 aromatic rings. The monoisotopic (exact) mass is 367 g/mol. The third kappa shape index (κ3) is 113. The summed E-state index contributed by atoms with van der Waals surface area (Å²) in [5, 5.41) is 0. The molecular weight excluding hydrogens is 362 g/mol. The van der Waals surface area contributed by atoms with Crippen molar-refractivity contribution < 1.29 is 30.0 Å². The first-order chi connectivity index (χ1) is 1.73. The Morgan fingerprint density at radius 3 is 0.625 bits per heavy atom. The zero-order valence-electron chi connectivity index (χ0n) is 3.45. The summed E-state index contributed by atoms with van der Waals surface area (Å²) in [7, 11) is -0.0208. The van der Waals surface area contributed by atoms with Gasteiger partial charge in [-0.05, 0) is 0 Å².